The lowest BCUT2D eigenvalue weighted by atomic mass is 10.3. The summed E-state index contributed by atoms with van der Waals surface area (Å²) in [6.07, 6.45) is 0.123. The molecule has 0 saturated carbocycles. The Hall–Kier alpha value is -1.45. The van der Waals surface area contributed by atoms with Crippen LogP contribution >= 0.6 is 11.8 Å². The van der Waals surface area contributed by atoms with Crippen molar-refractivity contribution in [1.29, 1.82) is 0 Å². The molecule has 1 atom stereocenters. The number of hydrogen-bond acceptors (Lipinski definition) is 3. The Balaban J connectivity index is 1.87. The van der Waals surface area contributed by atoms with Crippen LogP contribution in [0.25, 0.3) is 0 Å². The highest BCUT2D eigenvalue weighted by Crippen LogP contribution is 2.28. The van der Waals surface area contributed by atoms with E-state index in [1.54, 1.807) is 11.8 Å². The van der Waals surface area contributed by atoms with E-state index in [0.717, 1.165) is 12.4 Å². The minimum Gasteiger partial charge on any atom is -0.491 e. The summed E-state index contributed by atoms with van der Waals surface area (Å²) < 4.78 is 11.1. The summed E-state index contributed by atoms with van der Waals surface area (Å²) in [5.41, 5.74) is 0. The lowest BCUT2D eigenvalue weighted by Gasteiger charge is -2.13. The molecule has 2 nitrogen and oxygen atoms in total. The second-order valence-corrected chi connectivity index (χ2v) is 5.61. The number of rotatable bonds is 7. The van der Waals surface area contributed by atoms with Gasteiger partial charge in [0.15, 0.2) is 0 Å². The van der Waals surface area contributed by atoms with Gasteiger partial charge in [0, 0.05) is 16.4 Å². The minimum absolute atomic E-state index is 0.123. The van der Waals surface area contributed by atoms with Crippen molar-refractivity contribution in [2.75, 3.05) is 13.2 Å². The van der Waals surface area contributed by atoms with Crippen LogP contribution in [0.5, 0.6) is 5.75 Å². The Bertz CT molecular complexity index is 496. The van der Waals surface area contributed by atoms with Crippen molar-refractivity contribution in [3.8, 4) is 5.75 Å². The van der Waals surface area contributed by atoms with Gasteiger partial charge in [-0.2, -0.15) is 0 Å². The molecule has 3 heteroatoms. The van der Waals surface area contributed by atoms with Crippen molar-refractivity contribution in [3.05, 3.63) is 54.6 Å². The van der Waals surface area contributed by atoms with E-state index in [1.165, 1.54) is 9.79 Å². The number of ether oxygens (including phenoxy) is 2. The lowest BCUT2D eigenvalue weighted by molar-refractivity contribution is 0.0402. The van der Waals surface area contributed by atoms with Crippen LogP contribution in [-0.2, 0) is 4.74 Å². The molecule has 0 heterocycles. The monoisotopic (exact) mass is 288 g/mol. The third-order valence-corrected chi connectivity index (χ3v) is 3.75. The van der Waals surface area contributed by atoms with Gasteiger partial charge in [0.1, 0.15) is 12.4 Å². The smallest absolute Gasteiger partial charge is 0.119 e. The molecule has 2 aromatic rings. The first-order valence-corrected chi connectivity index (χ1v) is 7.67. The van der Waals surface area contributed by atoms with Crippen molar-refractivity contribution in [3.63, 3.8) is 0 Å². The third-order valence-electron chi connectivity index (χ3n) is 2.74. The fraction of sp³-hybridized carbons (Fsp3) is 0.294. The zero-order valence-electron chi connectivity index (χ0n) is 11.9. The first kappa shape index (κ1) is 14.9. The molecule has 0 aliphatic heterocycles. The Kier molecular flexibility index (Phi) is 5.96. The van der Waals surface area contributed by atoms with Crippen LogP contribution < -0.4 is 4.74 Å². The van der Waals surface area contributed by atoms with Crippen LogP contribution in [0.4, 0.5) is 0 Å². The van der Waals surface area contributed by atoms with E-state index in [0.29, 0.717) is 6.61 Å². The van der Waals surface area contributed by atoms with Crippen LogP contribution in [0.3, 0.4) is 0 Å². The molecule has 0 aliphatic rings. The molecule has 0 radical (unpaired) electrons. The van der Waals surface area contributed by atoms with E-state index in [1.807, 2.05) is 32.0 Å². The van der Waals surface area contributed by atoms with Crippen LogP contribution in [-0.4, -0.2) is 19.3 Å². The van der Waals surface area contributed by atoms with Gasteiger partial charge in [0.25, 0.3) is 0 Å². The van der Waals surface area contributed by atoms with E-state index in [4.69, 9.17) is 9.47 Å². The molecule has 0 spiro atoms. The maximum atomic E-state index is 5.69. The summed E-state index contributed by atoms with van der Waals surface area (Å²) in [4.78, 5) is 2.45. The van der Waals surface area contributed by atoms with Crippen molar-refractivity contribution in [2.24, 2.45) is 0 Å². The average Bonchev–Trinajstić information content (AvgIpc) is 2.48. The zero-order valence-corrected chi connectivity index (χ0v) is 12.7. The van der Waals surface area contributed by atoms with Crippen molar-refractivity contribution >= 4 is 11.8 Å². The van der Waals surface area contributed by atoms with Crippen molar-refractivity contribution in [1.82, 2.24) is 0 Å². The Morgan fingerprint density at radius 1 is 0.950 bits per heavy atom. The molecule has 0 N–H and O–H groups in total. The van der Waals surface area contributed by atoms with Gasteiger partial charge < -0.3 is 9.47 Å². The molecule has 0 fully saturated rings. The molecule has 20 heavy (non-hydrogen) atoms. The highest BCUT2D eigenvalue weighted by atomic mass is 32.2. The van der Waals surface area contributed by atoms with E-state index in [2.05, 4.69) is 36.4 Å². The van der Waals surface area contributed by atoms with Crippen LogP contribution in [0, 0.1) is 0 Å². The molecule has 0 bridgehead atoms. The molecule has 0 aliphatic carbocycles. The van der Waals surface area contributed by atoms with Gasteiger partial charge in [-0.3, -0.25) is 0 Å². The SMILES string of the molecule is CCOC(C)COc1ccc(Sc2ccccc2)cc1. The summed E-state index contributed by atoms with van der Waals surface area (Å²) in [7, 11) is 0. The first-order chi connectivity index (χ1) is 9.78. The molecule has 1 unspecified atom stereocenters. The third kappa shape index (κ3) is 4.91. The highest BCUT2D eigenvalue weighted by Gasteiger charge is 2.03. The van der Waals surface area contributed by atoms with E-state index < -0.39 is 0 Å². The van der Waals surface area contributed by atoms with Gasteiger partial charge in [-0.05, 0) is 50.2 Å². The Morgan fingerprint density at radius 3 is 2.25 bits per heavy atom. The Morgan fingerprint density at radius 2 is 1.60 bits per heavy atom. The molecular formula is C17H20O2S. The molecule has 0 amide bonds. The molecule has 106 valence electrons. The van der Waals surface area contributed by atoms with E-state index in [-0.39, 0.29) is 6.10 Å². The maximum Gasteiger partial charge on any atom is 0.119 e. The molecule has 0 aromatic heterocycles. The van der Waals surface area contributed by atoms with Gasteiger partial charge >= 0.3 is 0 Å². The molecule has 2 rings (SSSR count). The summed E-state index contributed by atoms with van der Waals surface area (Å²) in [5, 5.41) is 0. The maximum absolute atomic E-state index is 5.69. The number of benzene rings is 2. The summed E-state index contributed by atoms with van der Waals surface area (Å²) in [6.45, 7) is 5.31. The predicted octanol–water partition coefficient (Wildman–Crippen LogP) is 4.64. The molecule has 0 saturated heterocycles. The summed E-state index contributed by atoms with van der Waals surface area (Å²) >= 11 is 1.75. The molecular weight excluding hydrogens is 268 g/mol. The topological polar surface area (TPSA) is 18.5 Å². The van der Waals surface area contributed by atoms with Gasteiger partial charge in [0.05, 0.1) is 6.10 Å². The van der Waals surface area contributed by atoms with Crippen molar-refractivity contribution < 1.29 is 9.47 Å². The fourth-order valence-electron chi connectivity index (χ4n) is 1.77. The largest absolute Gasteiger partial charge is 0.491 e. The van der Waals surface area contributed by atoms with Gasteiger partial charge in [-0.1, -0.05) is 30.0 Å². The van der Waals surface area contributed by atoms with Crippen molar-refractivity contribution in [2.45, 2.75) is 29.7 Å². The van der Waals surface area contributed by atoms with Gasteiger partial charge in [-0.15, -0.1) is 0 Å². The first-order valence-electron chi connectivity index (χ1n) is 6.85. The van der Waals surface area contributed by atoms with Crippen LogP contribution in [0.2, 0.25) is 0 Å². The Labute approximate surface area is 125 Å². The van der Waals surface area contributed by atoms with Crippen LogP contribution in [0.15, 0.2) is 64.4 Å². The molecule has 2 aromatic carbocycles. The zero-order chi connectivity index (χ0) is 14.2. The highest BCUT2D eigenvalue weighted by molar-refractivity contribution is 7.99. The lowest BCUT2D eigenvalue weighted by Crippen LogP contribution is -2.17. The van der Waals surface area contributed by atoms with Gasteiger partial charge in [0.2, 0.25) is 0 Å². The van der Waals surface area contributed by atoms with E-state index in [9.17, 15) is 0 Å². The standard InChI is InChI=1S/C17H20O2S/c1-3-18-14(2)13-19-15-9-11-17(12-10-15)20-16-7-5-4-6-8-16/h4-12,14H,3,13H2,1-2H3. The second-order valence-electron chi connectivity index (χ2n) is 4.46. The second kappa shape index (κ2) is 7.98. The fourth-order valence-corrected chi connectivity index (χ4v) is 2.61. The summed E-state index contributed by atoms with van der Waals surface area (Å²) in [5.74, 6) is 0.883. The van der Waals surface area contributed by atoms with E-state index >= 15 is 0 Å². The normalized spacial score (nSPS) is 12.1. The number of hydrogen-bond donors (Lipinski definition) is 0. The average molecular weight is 288 g/mol. The van der Waals surface area contributed by atoms with Gasteiger partial charge in [-0.25, -0.2) is 0 Å². The minimum atomic E-state index is 0.123. The quantitative estimate of drug-likeness (QED) is 0.739. The van der Waals surface area contributed by atoms with Crippen LogP contribution in [0.1, 0.15) is 13.8 Å². The summed E-state index contributed by atoms with van der Waals surface area (Å²) in [6, 6.07) is 18.5. The predicted molar refractivity (Wildman–Crippen MR) is 83.6 cm³/mol.